The molecule has 0 aliphatic carbocycles. The van der Waals surface area contributed by atoms with Crippen molar-refractivity contribution in [3.05, 3.63) is 95.4 Å². The molecular formula is C30H30F3N5O2. The molecule has 1 saturated heterocycles. The Labute approximate surface area is 230 Å². The summed E-state index contributed by atoms with van der Waals surface area (Å²) in [5.74, 6) is -0.293. The van der Waals surface area contributed by atoms with Crippen molar-refractivity contribution in [2.75, 3.05) is 13.2 Å². The number of aromatic nitrogens is 3. The van der Waals surface area contributed by atoms with Crippen LogP contribution in [-0.2, 0) is 17.5 Å². The van der Waals surface area contributed by atoms with E-state index in [0.29, 0.717) is 28.3 Å². The van der Waals surface area contributed by atoms with Gasteiger partial charge < -0.3 is 15.8 Å². The minimum absolute atomic E-state index is 0.116. The van der Waals surface area contributed by atoms with Gasteiger partial charge in [-0.3, -0.25) is 14.5 Å². The Hall–Kier alpha value is -4.02. The fraction of sp³-hybridized carbons (Fsp3) is 0.300. The molecule has 0 radical (unpaired) electrons. The summed E-state index contributed by atoms with van der Waals surface area (Å²) in [4.78, 5) is 17.3. The molecule has 0 unspecified atom stereocenters. The summed E-state index contributed by atoms with van der Waals surface area (Å²) in [5.41, 5.74) is 9.40. The van der Waals surface area contributed by atoms with E-state index in [4.69, 9.17) is 15.6 Å². The number of pyridine rings is 1. The molecule has 1 aliphatic heterocycles. The van der Waals surface area contributed by atoms with Crippen LogP contribution in [-0.4, -0.2) is 33.9 Å². The lowest BCUT2D eigenvalue weighted by atomic mass is 9.95. The Bertz CT molecular complexity index is 1480. The molecule has 2 aromatic carbocycles. The quantitative estimate of drug-likeness (QED) is 0.298. The molecule has 10 heteroatoms. The van der Waals surface area contributed by atoms with Gasteiger partial charge in [-0.25, -0.2) is 0 Å². The maximum absolute atomic E-state index is 13.3. The highest BCUT2D eigenvalue weighted by Crippen LogP contribution is 2.34. The maximum Gasteiger partial charge on any atom is 0.416 e. The first-order valence-corrected chi connectivity index (χ1v) is 13.1. The number of halogens is 3. The molecule has 4 aromatic rings. The van der Waals surface area contributed by atoms with Crippen LogP contribution in [0.4, 0.5) is 13.2 Å². The van der Waals surface area contributed by atoms with Crippen molar-refractivity contribution in [1.82, 2.24) is 20.1 Å². The summed E-state index contributed by atoms with van der Waals surface area (Å²) in [6.45, 7) is 3.40. The summed E-state index contributed by atoms with van der Waals surface area (Å²) in [6, 6.07) is 14.2. The highest BCUT2D eigenvalue weighted by molar-refractivity contribution is 5.95. The molecule has 40 heavy (non-hydrogen) atoms. The lowest BCUT2D eigenvalue weighted by molar-refractivity contribution is -0.137. The van der Waals surface area contributed by atoms with Crippen LogP contribution < -0.4 is 11.1 Å². The van der Waals surface area contributed by atoms with Gasteiger partial charge in [0.15, 0.2) is 0 Å². The predicted octanol–water partition coefficient (Wildman–Crippen LogP) is 5.93. The number of alkyl halides is 3. The number of nitrogens with two attached hydrogens (primary N) is 1. The second kappa shape index (κ2) is 11.6. The molecule has 2 aromatic heterocycles. The van der Waals surface area contributed by atoms with E-state index in [1.807, 2.05) is 23.9 Å². The second-order valence-electron chi connectivity index (χ2n) is 9.88. The molecule has 0 spiro atoms. The molecule has 208 valence electrons. The van der Waals surface area contributed by atoms with E-state index in [0.717, 1.165) is 55.0 Å². The summed E-state index contributed by atoms with van der Waals surface area (Å²) in [7, 11) is 0. The van der Waals surface area contributed by atoms with Crippen LogP contribution in [0.2, 0.25) is 0 Å². The largest absolute Gasteiger partial charge is 0.416 e. The summed E-state index contributed by atoms with van der Waals surface area (Å²) < 4.78 is 47.2. The number of nitrogens with one attached hydrogen (secondary N) is 1. The molecular weight excluding hydrogens is 519 g/mol. The van der Waals surface area contributed by atoms with Crippen molar-refractivity contribution in [3.8, 4) is 22.4 Å². The lowest BCUT2D eigenvalue weighted by Gasteiger charge is -2.22. The maximum atomic E-state index is 13.3. The molecule has 0 bridgehead atoms. The Kier molecular flexibility index (Phi) is 7.99. The van der Waals surface area contributed by atoms with Gasteiger partial charge in [-0.15, -0.1) is 0 Å². The Morgan fingerprint density at radius 3 is 2.52 bits per heavy atom. The summed E-state index contributed by atoms with van der Waals surface area (Å²) >= 11 is 0. The molecule has 7 nitrogen and oxygen atoms in total. The van der Waals surface area contributed by atoms with Crippen LogP contribution in [0.1, 0.15) is 58.9 Å². The summed E-state index contributed by atoms with van der Waals surface area (Å²) in [5, 5.41) is 7.67. The van der Waals surface area contributed by atoms with Crippen LogP contribution in [0.3, 0.4) is 0 Å². The van der Waals surface area contributed by atoms with E-state index in [1.54, 1.807) is 36.5 Å². The zero-order chi connectivity index (χ0) is 28.3. The van der Waals surface area contributed by atoms with Gasteiger partial charge in [0, 0.05) is 43.9 Å². The van der Waals surface area contributed by atoms with Crippen LogP contribution in [0.5, 0.6) is 0 Å². The predicted molar refractivity (Wildman–Crippen MR) is 145 cm³/mol. The van der Waals surface area contributed by atoms with Gasteiger partial charge in [0.1, 0.15) is 0 Å². The number of nitrogens with zero attached hydrogens (tertiary/aromatic N) is 3. The minimum atomic E-state index is -4.45. The zero-order valence-corrected chi connectivity index (χ0v) is 22.0. The topological polar surface area (TPSA) is 95.1 Å². The number of amides is 1. The Morgan fingerprint density at radius 2 is 1.82 bits per heavy atom. The van der Waals surface area contributed by atoms with Crippen molar-refractivity contribution in [3.63, 3.8) is 0 Å². The number of rotatable bonds is 7. The van der Waals surface area contributed by atoms with Gasteiger partial charge in [-0.05, 0) is 66.3 Å². The minimum Gasteiger partial charge on any atom is -0.381 e. The van der Waals surface area contributed by atoms with Gasteiger partial charge in [0.05, 0.1) is 28.9 Å². The van der Waals surface area contributed by atoms with Crippen LogP contribution in [0.15, 0.2) is 73.2 Å². The van der Waals surface area contributed by atoms with Gasteiger partial charge in [-0.2, -0.15) is 18.3 Å². The highest BCUT2D eigenvalue weighted by Gasteiger charge is 2.31. The molecule has 1 aliphatic rings. The first-order chi connectivity index (χ1) is 19.2. The first kappa shape index (κ1) is 27.5. The van der Waals surface area contributed by atoms with Gasteiger partial charge in [0.2, 0.25) is 0 Å². The SMILES string of the molecule is C[C@@H](NC(=O)c1cncc(-c2ccn(C3CCOCC3)n2)c1)c1ccc(-c2cc(C(F)(F)F)ccc2CN)cc1. The van der Waals surface area contributed by atoms with E-state index >= 15 is 0 Å². The first-order valence-electron chi connectivity index (χ1n) is 13.1. The Morgan fingerprint density at radius 1 is 1.07 bits per heavy atom. The number of benzene rings is 2. The third-order valence-corrected chi connectivity index (χ3v) is 7.20. The number of carbonyl (C=O) groups is 1. The van der Waals surface area contributed by atoms with Crippen molar-refractivity contribution < 1.29 is 22.7 Å². The fourth-order valence-electron chi connectivity index (χ4n) is 4.86. The molecule has 1 amide bonds. The summed E-state index contributed by atoms with van der Waals surface area (Å²) in [6.07, 6.45) is 2.51. The average molecular weight is 550 g/mol. The van der Waals surface area contributed by atoms with E-state index in [9.17, 15) is 18.0 Å². The molecule has 1 atom stereocenters. The van der Waals surface area contributed by atoms with E-state index in [-0.39, 0.29) is 18.5 Å². The molecule has 3 heterocycles. The number of hydrogen-bond acceptors (Lipinski definition) is 5. The third-order valence-electron chi connectivity index (χ3n) is 7.20. The Balaban J connectivity index is 1.28. The molecule has 5 rings (SSSR count). The van der Waals surface area contributed by atoms with E-state index in [1.165, 1.54) is 12.3 Å². The van der Waals surface area contributed by atoms with E-state index < -0.39 is 11.7 Å². The smallest absolute Gasteiger partial charge is 0.381 e. The molecule has 1 fully saturated rings. The number of ether oxygens (including phenoxy) is 1. The lowest BCUT2D eigenvalue weighted by Crippen LogP contribution is -2.26. The molecule has 3 N–H and O–H groups in total. The average Bonchev–Trinajstić information content (AvgIpc) is 3.47. The van der Waals surface area contributed by atoms with E-state index in [2.05, 4.69) is 10.3 Å². The standard InChI is InChI=1S/C30H30F3N5O2/c1-19(20-2-4-21(5-3-20)27-15-25(30(31,32)33)7-6-22(27)16-34)36-29(39)24-14-23(17-35-18-24)28-8-11-38(37-28)26-9-12-40-13-10-26/h2-8,11,14-15,17-19,26H,9-10,12-13,16,34H2,1H3,(H,36,39)/t19-/m1/s1. The van der Waals surface area contributed by atoms with Crippen molar-refractivity contribution in [2.45, 2.75) is 44.6 Å². The highest BCUT2D eigenvalue weighted by atomic mass is 19.4. The third kappa shape index (κ3) is 6.08. The second-order valence-corrected chi connectivity index (χ2v) is 9.88. The van der Waals surface area contributed by atoms with Crippen LogP contribution in [0, 0.1) is 0 Å². The van der Waals surface area contributed by atoms with Crippen molar-refractivity contribution in [2.24, 2.45) is 5.73 Å². The number of carbonyl (C=O) groups excluding carboxylic acids is 1. The number of hydrogen-bond donors (Lipinski definition) is 2. The van der Waals surface area contributed by atoms with Gasteiger partial charge in [-0.1, -0.05) is 30.3 Å². The zero-order valence-electron chi connectivity index (χ0n) is 22.0. The van der Waals surface area contributed by atoms with Gasteiger partial charge >= 0.3 is 6.18 Å². The van der Waals surface area contributed by atoms with Crippen LogP contribution in [0.25, 0.3) is 22.4 Å². The monoisotopic (exact) mass is 549 g/mol. The molecule has 0 saturated carbocycles. The van der Waals surface area contributed by atoms with Crippen LogP contribution >= 0.6 is 0 Å². The van der Waals surface area contributed by atoms with Crippen molar-refractivity contribution in [1.29, 1.82) is 0 Å². The fourth-order valence-corrected chi connectivity index (χ4v) is 4.86. The van der Waals surface area contributed by atoms with Gasteiger partial charge in [0.25, 0.3) is 5.91 Å². The van der Waals surface area contributed by atoms with Crippen molar-refractivity contribution >= 4 is 5.91 Å². The normalized spacial score (nSPS) is 15.1.